The van der Waals surface area contributed by atoms with E-state index in [1.807, 2.05) is 18.1 Å². The van der Waals surface area contributed by atoms with Crippen LogP contribution in [0.5, 0.6) is 0 Å². The van der Waals surface area contributed by atoms with Gasteiger partial charge in [0, 0.05) is 13.6 Å². The summed E-state index contributed by atoms with van der Waals surface area (Å²) < 4.78 is 0. The van der Waals surface area contributed by atoms with Crippen LogP contribution in [0.15, 0.2) is 12.1 Å². The molecule has 0 fully saturated rings. The van der Waals surface area contributed by atoms with Gasteiger partial charge in [0.1, 0.15) is 0 Å². The van der Waals surface area contributed by atoms with Gasteiger partial charge in [0.2, 0.25) is 0 Å². The molecule has 1 aromatic rings. The SMILES string of the molecule is CN1Cc2cc(N)c(N)cc2N1N. The van der Waals surface area contributed by atoms with E-state index in [0.29, 0.717) is 11.4 Å². The maximum atomic E-state index is 5.77. The Labute approximate surface area is 76.6 Å². The van der Waals surface area contributed by atoms with Crippen LogP contribution in [0.3, 0.4) is 0 Å². The fourth-order valence-electron chi connectivity index (χ4n) is 1.51. The lowest BCUT2D eigenvalue weighted by molar-refractivity contribution is 0.327. The van der Waals surface area contributed by atoms with Gasteiger partial charge in [-0.3, -0.25) is 0 Å². The molecule has 1 aliphatic heterocycles. The summed E-state index contributed by atoms with van der Waals surface area (Å²) in [7, 11) is 1.91. The van der Waals surface area contributed by atoms with Crippen molar-refractivity contribution in [3.8, 4) is 0 Å². The second kappa shape index (κ2) is 2.51. The van der Waals surface area contributed by atoms with E-state index in [1.165, 1.54) is 0 Å². The molecule has 1 heterocycles. The highest BCUT2D eigenvalue weighted by atomic mass is 15.8. The smallest absolute Gasteiger partial charge is 0.0769 e. The minimum atomic E-state index is 0.574. The van der Waals surface area contributed by atoms with Crippen molar-refractivity contribution in [2.45, 2.75) is 6.54 Å². The Kier molecular flexibility index (Phi) is 1.58. The molecule has 0 amide bonds. The van der Waals surface area contributed by atoms with Gasteiger partial charge in [-0.15, -0.1) is 0 Å². The molecule has 13 heavy (non-hydrogen) atoms. The van der Waals surface area contributed by atoms with Crippen LogP contribution in [-0.4, -0.2) is 12.1 Å². The molecule has 0 radical (unpaired) electrons. The third-order valence-corrected chi connectivity index (χ3v) is 2.30. The molecule has 1 aromatic carbocycles. The molecule has 0 unspecified atom stereocenters. The van der Waals surface area contributed by atoms with E-state index < -0.39 is 0 Å². The average molecular weight is 179 g/mol. The van der Waals surface area contributed by atoms with Crippen LogP contribution >= 0.6 is 0 Å². The van der Waals surface area contributed by atoms with Gasteiger partial charge in [0.05, 0.1) is 17.1 Å². The molecule has 70 valence electrons. The van der Waals surface area contributed by atoms with Crippen LogP contribution in [0.1, 0.15) is 5.56 Å². The Hall–Kier alpha value is -1.46. The zero-order valence-electron chi connectivity index (χ0n) is 7.49. The normalized spacial score (nSPS) is 16.3. The lowest BCUT2D eigenvalue weighted by Gasteiger charge is -2.20. The summed E-state index contributed by atoms with van der Waals surface area (Å²) in [5.74, 6) is 5.77. The maximum Gasteiger partial charge on any atom is 0.0769 e. The number of fused-ring (bicyclic) bond motifs is 1. The zero-order chi connectivity index (χ0) is 9.59. The number of hydrazine groups is 2. The molecule has 0 saturated carbocycles. The molecule has 0 aliphatic carbocycles. The maximum absolute atomic E-state index is 5.77. The topological polar surface area (TPSA) is 84.5 Å². The second-order valence-electron chi connectivity index (χ2n) is 3.27. The number of nitrogens with zero attached hydrogens (tertiary/aromatic N) is 2. The lowest BCUT2D eigenvalue weighted by Crippen LogP contribution is -2.40. The summed E-state index contributed by atoms with van der Waals surface area (Å²) in [5.41, 5.74) is 14.6. The van der Waals surface area contributed by atoms with Gasteiger partial charge in [0.15, 0.2) is 0 Å². The van der Waals surface area contributed by atoms with Crippen molar-refractivity contribution in [2.75, 3.05) is 23.6 Å². The Balaban J connectivity index is 2.53. The number of hydrogen-bond donors (Lipinski definition) is 3. The van der Waals surface area contributed by atoms with Crippen LogP contribution in [0.25, 0.3) is 0 Å². The third kappa shape index (κ3) is 1.09. The van der Waals surface area contributed by atoms with Gasteiger partial charge < -0.3 is 11.5 Å². The van der Waals surface area contributed by atoms with Gasteiger partial charge in [-0.1, -0.05) is 0 Å². The second-order valence-corrected chi connectivity index (χ2v) is 3.27. The average Bonchev–Trinajstić information content (AvgIpc) is 2.32. The fraction of sp³-hybridized carbons (Fsp3) is 0.250. The minimum absolute atomic E-state index is 0.574. The van der Waals surface area contributed by atoms with Crippen LogP contribution in [-0.2, 0) is 6.54 Å². The van der Waals surface area contributed by atoms with E-state index in [9.17, 15) is 0 Å². The predicted molar refractivity (Wildman–Crippen MR) is 53.4 cm³/mol. The molecule has 0 atom stereocenters. The van der Waals surface area contributed by atoms with Crippen molar-refractivity contribution in [2.24, 2.45) is 5.84 Å². The Morgan fingerprint density at radius 1 is 1.23 bits per heavy atom. The Morgan fingerprint density at radius 3 is 2.54 bits per heavy atom. The monoisotopic (exact) mass is 179 g/mol. The van der Waals surface area contributed by atoms with E-state index in [1.54, 1.807) is 11.2 Å². The van der Waals surface area contributed by atoms with Crippen molar-refractivity contribution < 1.29 is 0 Å². The quantitative estimate of drug-likeness (QED) is 0.382. The van der Waals surface area contributed by atoms with E-state index in [0.717, 1.165) is 17.8 Å². The molecule has 0 spiro atoms. The number of nitrogen functional groups attached to an aromatic ring is 2. The highest BCUT2D eigenvalue weighted by Crippen LogP contribution is 2.32. The molecule has 5 nitrogen and oxygen atoms in total. The molecule has 0 aromatic heterocycles. The summed E-state index contributed by atoms with van der Waals surface area (Å²) in [5, 5.41) is 3.47. The van der Waals surface area contributed by atoms with Crippen molar-refractivity contribution in [3.05, 3.63) is 17.7 Å². The van der Waals surface area contributed by atoms with Crippen molar-refractivity contribution in [1.29, 1.82) is 0 Å². The van der Waals surface area contributed by atoms with E-state index in [2.05, 4.69) is 0 Å². The van der Waals surface area contributed by atoms with Gasteiger partial charge in [-0.25, -0.2) is 16.0 Å². The molecule has 2 rings (SSSR count). The summed E-state index contributed by atoms with van der Waals surface area (Å²) >= 11 is 0. The third-order valence-electron chi connectivity index (χ3n) is 2.30. The molecule has 5 heteroatoms. The van der Waals surface area contributed by atoms with Gasteiger partial charge >= 0.3 is 0 Å². The molecule has 0 saturated heterocycles. The fourth-order valence-corrected chi connectivity index (χ4v) is 1.51. The Morgan fingerprint density at radius 2 is 1.85 bits per heavy atom. The zero-order valence-corrected chi connectivity index (χ0v) is 7.49. The van der Waals surface area contributed by atoms with Crippen molar-refractivity contribution >= 4 is 17.1 Å². The van der Waals surface area contributed by atoms with Crippen LogP contribution < -0.4 is 22.4 Å². The van der Waals surface area contributed by atoms with Crippen LogP contribution in [0, 0.1) is 0 Å². The van der Waals surface area contributed by atoms with Crippen LogP contribution in [0.2, 0.25) is 0 Å². The summed E-state index contributed by atoms with van der Waals surface area (Å²) in [6.45, 7) is 0.774. The van der Waals surface area contributed by atoms with Crippen molar-refractivity contribution in [1.82, 2.24) is 5.01 Å². The molecule has 0 bridgehead atoms. The summed E-state index contributed by atoms with van der Waals surface area (Å²) in [6.07, 6.45) is 0. The number of nitrogens with two attached hydrogens (primary N) is 3. The number of rotatable bonds is 0. The first-order valence-corrected chi connectivity index (χ1v) is 4.03. The number of hydrogen-bond acceptors (Lipinski definition) is 5. The molecular formula is C8H13N5. The molecule has 6 N–H and O–H groups in total. The van der Waals surface area contributed by atoms with E-state index >= 15 is 0 Å². The summed E-state index contributed by atoms with van der Waals surface area (Å²) in [4.78, 5) is 0. The summed E-state index contributed by atoms with van der Waals surface area (Å²) in [6, 6.07) is 3.67. The highest BCUT2D eigenvalue weighted by Gasteiger charge is 2.22. The number of benzene rings is 1. The lowest BCUT2D eigenvalue weighted by atomic mass is 10.1. The molecule has 1 aliphatic rings. The predicted octanol–water partition coefficient (Wildman–Crippen LogP) is -0.108. The largest absolute Gasteiger partial charge is 0.397 e. The first-order valence-electron chi connectivity index (χ1n) is 4.03. The first-order chi connectivity index (χ1) is 6.09. The van der Waals surface area contributed by atoms with Gasteiger partial charge in [0.25, 0.3) is 0 Å². The van der Waals surface area contributed by atoms with Crippen LogP contribution in [0.4, 0.5) is 17.1 Å². The van der Waals surface area contributed by atoms with E-state index in [-0.39, 0.29) is 0 Å². The molecular weight excluding hydrogens is 166 g/mol. The van der Waals surface area contributed by atoms with Crippen molar-refractivity contribution in [3.63, 3.8) is 0 Å². The minimum Gasteiger partial charge on any atom is -0.397 e. The van der Waals surface area contributed by atoms with Gasteiger partial charge in [-0.2, -0.15) is 0 Å². The number of anilines is 3. The Bertz CT molecular complexity index is 349. The first kappa shape index (κ1) is 8.15. The standard InChI is InChI=1S/C8H13N5/c1-12-4-5-2-6(9)7(10)3-8(5)13(12)11/h2-3H,4,9-11H2,1H3. The van der Waals surface area contributed by atoms with E-state index in [4.69, 9.17) is 17.3 Å². The van der Waals surface area contributed by atoms with Gasteiger partial charge in [-0.05, 0) is 17.7 Å². The highest BCUT2D eigenvalue weighted by molar-refractivity contribution is 5.73.